The van der Waals surface area contributed by atoms with Gasteiger partial charge in [-0.15, -0.1) is 0 Å². The number of carbonyl (C=O) groups is 1. The molecule has 2 N–H and O–H groups in total. The van der Waals surface area contributed by atoms with Crippen molar-refractivity contribution in [2.24, 2.45) is 16.6 Å². The normalized spacial score (nSPS) is 19.8. The molecule has 5 nitrogen and oxygen atoms in total. The Morgan fingerprint density at radius 2 is 1.80 bits per heavy atom. The van der Waals surface area contributed by atoms with Crippen molar-refractivity contribution in [2.45, 2.75) is 25.5 Å². The van der Waals surface area contributed by atoms with Gasteiger partial charge in [0.25, 0.3) is 0 Å². The van der Waals surface area contributed by atoms with Crippen LogP contribution in [0.1, 0.15) is 30.0 Å². The van der Waals surface area contributed by atoms with Gasteiger partial charge in [0.15, 0.2) is 0 Å². The molecule has 1 heterocycles. The largest absolute Gasteiger partial charge is 0.489 e. The molecule has 128 valence electrons. The third-order valence-electron chi connectivity index (χ3n) is 4.66. The number of carbonyl (C=O) groups excluding carboxylic acids is 1. The van der Waals surface area contributed by atoms with Gasteiger partial charge in [-0.2, -0.15) is 4.99 Å². The van der Waals surface area contributed by atoms with Gasteiger partial charge in [-0.1, -0.05) is 42.5 Å². The molecule has 0 bridgehead atoms. The number of ether oxygens (including phenoxy) is 1. The van der Waals surface area contributed by atoms with E-state index in [1.165, 1.54) is 12.8 Å². The Morgan fingerprint density at radius 1 is 1.08 bits per heavy atom. The summed E-state index contributed by atoms with van der Waals surface area (Å²) in [4.78, 5) is 17.8. The zero-order valence-corrected chi connectivity index (χ0v) is 14.0. The lowest BCUT2D eigenvalue weighted by Crippen LogP contribution is -2.34. The van der Waals surface area contributed by atoms with Gasteiger partial charge in [0.2, 0.25) is 0 Å². The number of hydrogen-bond donors (Lipinski definition) is 1. The summed E-state index contributed by atoms with van der Waals surface area (Å²) in [6.07, 6.45) is 2.37. The average Bonchev–Trinajstić information content (AvgIpc) is 3.40. The molecule has 25 heavy (non-hydrogen) atoms. The van der Waals surface area contributed by atoms with Crippen LogP contribution in [0.5, 0.6) is 5.75 Å². The van der Waals surface area contributed by atoms with Crippen LogP contribution in [0.25, 0.3) is 0 Å². The highest BCUT2D eigenvalue weighted by Crippen LogP contribution is 2.35. The van der Waals surface area contributed by atoms with Crippen LogP contribution < -0.4 is 10.5 Å². The first kappa shape index (κ1) is 15.7. The number of benzene rings is 2. The summed E-state index contributed by atoms with van der Waals surface area (Å²) in [5, 5.41) is 0. The molecular formula is C20H21N3O2. The van der Waals surface area contributed by atoms with Crippen LogP contribution >= 0.6 is 0 Å². The maximum absolute atomic E-state index is 12.1. The number of amides is 2. The Bertz CT molecular complexity index is 782. The molecule has 0 aromatic heterocycles. The molecule has 4 rings (SSSR count). The Labute approximate surface area is 147 Å². The lowest BCUT2D eigenvalue weighted by molar-refractivity contribution is 0.204. The van der Waals surface area contributed by atoms with E-state index in [1.54, 1.807) is 4.90 Å². The predicted octanol–water partition coefficient (Wildman–Crippen LogP) is 3.51. The number of hydrogen-bond acceptors (Lipinski definition) is 3. The molecule has 5 heteroatoms. The predicted molar refractivity (Wildman–Crippen MR) is 96.4 cm³/mol. The van der Waals surface area contributed by atoms with Crippen LogP contribution in [0.2, 0.25) is 0 Å². The minimum atomic E-state index is -0.253. The van der Waals surface area contributed by atoms with Crippen molar-refractivity contribution >= 4 is 11.9 Å². The van der Waals surface area contributed by atoms with E-state index < -0.39 is 0 Å². The van der Waals surface area contributed by atoms with Gasteiger partial charge < -0.3 is 15.4 Å². The van der Waals surface area contributed by atoms with Crippen molar-refractivity contribution in [3.05, 3.63) is 65.7 Å². The van der Waals surface area contributed by atoms with Gasteiger partial charge in [0.1, 0.15) is 24.2 Å². The van der Waals surface area contributed by atoms with Gasteiger partial charge in [-0.25, -0.2) is 4.79 Å². The molecular weight excluding hydrogens is 314 g/mol. The number of amidine groups is 1. The molecule has 0 spiro atoms. The Balaban J connectivity index is 1.45. The molecule has 2 aromatic carbocycles. The molecule has 1 unspecified atom stereocenters. The molecule has 2 aromatic rings. The molecule has 0 radical (unpaired) electrons. The van der Waals surface area contributed by atoms with Gasteiger partial charge in [-0.05, 0) is 42.0 Å². The van der Waals surface area contributed by atoms with Crippen molar-refractivity contribution in [3.8, 4) is 5.75 Å². The molecule has 2 aliphatic rings. The minimum absolute atomic E-state index is 0.223. The van der Waals surface area contributed by atoms with Crippen molar-refractivity contribution in [1.82, 2.24) is 4.90 Å². The highest BCUT2D eigenvalue weighted by molar-refractivity contribution is 6.03. The summed E-state index contributed by atoms with van der Waals surface area (Å²) >= 11 is 0. The lowest BCUT2D eigenvalue weighted by atomic mass is 10.0. The van der Waals surface area contributed by atoms with E-state index in [0.717, 1.165) is 23.4 Å². The smallest absolute Gasteiger partial charge is 0.346 e. The first-order valence-corrected chi connectivity index (χ1v) is 8.62. The second kappa shape index (κ2) is 6.59. The Kier molecular flexibility index (Phi) is 4.14. The first-order valence-electron chi connectivity index (χ1n) is 8.62. The van der Waals surface area contributed by atoms with Crippen LogP contribution in [0.15, 0.2) is 59.6 Å². The van der Waals surface area contributed by atoms with E-state index in [1.807, 2.05) is 54.6 Å². The molecule has 1 aliphatic heterocycles. The van der Waals surface area contributed by atoms with E-state index in [-0.39, 0.29) is 12.1 Å². The maximum Gasteiger partial charge on any atom is 0.346 e. The van der Waals surface area contributed by atoms with E-state index in [4.69, 9.17) is 10.5 Å². The van der Waals surface area contributed by atoms with Crippen LogP contribution in [0.4, 0.5) is 4.79 Å². The zero-order chi connectivity index (χ0) is 17.2. The highest BCUT2D eigenvalue weighted by atomic mass is 16.5. The van der Waals surface area contributed by atoms with Gasteiger partial charge in [-0.3, -0.25) is 0 Å². The van der Waals surface area contributed by atoms with Crippen molar-refractivity contribution in [3.63, 3.8) is 0 Å². The van der Waals surface area contributed by atoms with Crippen LogP contribution in [-0.4, -0.2) is 23.3 Å². The zero-order valence-electron chi connectivity index (χ0n) is 14.0. The summed E-state index contributed by atoms with van der Waals surface area (Å²) in [7, 11) is 0. The van der Waals surface area contributed by atoms with Crippen molar-refractivity contribution in [2.75, 3.05) is 6.54 Å². The summed E-state index contributed by atoms with van der Waals surface area (Å²) in [5.41, 5.74) is 8.11. The molecule has 0 saturated heterocycles. The van der Waals surface area contributed by atoms with E-state index in [0.29, 0.717) is 18.4 Å². The Morgan fingerprint density at radius 3 is 2.48 bits per heavy atom. The number of nitrogens with two attached hydrogens (primary N) is 1. The van der Waals surface area contributed by atoms with Crippen LogP contribution in [-0.2, 0) is 6.61 Å². The van der Waals surface area contributed by atoms with E-state index >= 15 is 0 Å². The van der Waals surface area contributed by atoms with Gasteiger partial charge in [0.05, 0.1) is 0 Å². The third kappa shape index (κ3) is 3.50. The quantitative estimate of drug-likeness (QED) is 0.878. The fraction of sp³-hybridized carbons (Fsp3) is 0.300. The van der Waals surface area contributed by atoms with Gasteiger partial charge >= 0.3 is 6.03 Å². The number of nitrogens with zero attached hydrogens (tertiary/aromatic N) is 2. The maximum atomic E-state index is 12.1. The molecule has 2 amide bonds. The lowest BCUT2D eigenvalue weighted by Gasteiger charge is -2.24. The van der Waals surface area contributed by atoms with E-state index in [9.17, 15) is 4.79 Å². The third-order valence-corrected chi connectivity index (χ3v) is 4.66. The SMILES string of the molecule is NC1=NC(=O)N(CC2CC2)C1c1ccc(OCc2ccccc2)cc1. The first-order chi connectivity index (χ1) is 12.2. The number of urea groups is 1. The summed E-state index contributed by atoms with van der Waals surface area (Å²) in [5.74, 6) is 1.77. The Hall–Kier alpha value is -2.82. The van der Waals surface area contributed by atoms with Crippen molar-refractivity contribution in [1.29, 1.82) is 0 Å². The molecule has 1 aliphatic carbocycles. The molecule has 1 atom stereocenters. The monoisotopic (exact) mass is 335 g/mol. The minimum Gasteiger partial charge on any atom is -0.489 e. The number of rotatable bonds is 6. The van der Waals surface area contributed by atoms with Crippen LogP contribution in [0.3, 0.4) is 0 Å². The number of aliphatic imine (C=N–C) groups is 1. The summed E-state index contributed by atoms with van der Waals surface area (Å²) < 4.78 is 5.82. The average molecular weight is 335 g/mol. The summed E-state index contributed by atoms with van der Waals surface area (Å²) in [6, 6.07) is 17.3. The highest BCUT2D eigenvalue weighted by Gasteiger charge is 2.38. The fourth-order valence-electron chi connectivity index (χ4n) is 3.11. The standard InChI is InChI=1S/C20H21N3O2/c21-19-18(23(20(24)22-19)12-14-6-7-14)16-8-10-17(11-9-16)25-13-15-4-2-1-3-5-15/h1-5,8-11,14,18H,6-7,12-13H2,(H2,21,22,24). The van der Waals surface area contributed by atoms with Crippen LogP contribution in [0, 0.1) is 5.92 Å². The fourth-order valence-corrected chi connectivity index (χ4v) is 3.11. The second-order valence-corrected chi connectivity index (χ2v) is 6.66. The topological polar surface area (TPSA) is 67.9 Å². The molecule has 1 saturated carbocycles. The molecule has 1 fully saturated rings. The summed E-state index contributed by atoms with van der Waals surface area (Å²) in [6.45, 7) is 1.26. The van der Waals surface area contributed by atoms with Gasteiger partial charge in [0, 0.05) is 6.54 Å². The van der Waals surface area contributed by atoms with Crippen molar-refractivity contribution < 1.29 is 9.53 Å². The second-order valence-electron chi connectivity index (χ2n) is 6.66. The van der Waals surface area contributed by atoms with E-state index in [2.05, 4.69) is 4.99 Å².